The fraction of sp³-hybridized carbons (Fsp3) is 0.308. The van der Waals surface area contributed by atoms with Crippen LogP contribution in [-0.2, 0) is 0 Å². The van der Waals surface area contributed by atoms with Gasteiger partial charge in [-0.1, -0.05) is 28.1 Å². The van der Waals surface area contributed by atoms with Crippen molar-refractivity contribution in [1.29, 1.82) is 0 Å². The highest BCUT2D eigenvalue weighted by Crippen LogP contribution is 2.24. The molecule has 0 aliphatic rings. The Morgan fingerprint density at radius 1 is 1.44 bits per heavy atom. The van der Waals surface area contributed by atoms with Gasteiger partial charge in [0.1, 0.15) is 0 Å². The molecule has 0 unspecified atom stereocenters. The lowest BCUT2D eigenvalue weighted by Crippen LogP contribution is -2.21. The molecule has 0 heterocycles. The SMILES string of the molecule is C=C(C)CN(C)c1ccc(Br)cc1C(C)=O. The summed E-state index contributed by atoms with van der Waals surface area (Å²) in [7, 11) is 1.96. The van der Waals surface area contributed by atoms with Gasteiger partial charge in [0.15, 0.2) is 5.78 Å². The minimum absolute atomic E-state index is 0.0739. The molecule has 0 bridgehead atoms. The maximum absolute atomic E-state index is 11.5. The number of anilines is 1. The van der Waals surface area contributed by atoms with E-state index in [0.717, 1.165) is 27.8 Å². The first-order chi connectivity index (χ1) is 7.41. The Labute approximate surface area is 105 Å². The van der Waals surface area contributed by atoms with Crippen molar-refractivity contribution >= 4 is 27.4 Å². The number of hydrogen-bond donors (Lipinski definition) is 0. The van der Waals surface area contributed by atoms with Crippen LogP contribution in [0.5, 0.6) is 0 Å². The second-order valence-corrected chi connectivity index (χ2v) is 4.95. The molecule has 0 amide bonds. The molecule has 3 heteroatoms. The molecule has 0 radical (unpaired) electrons. The Morgan fingerprint density at radius 2 is 2.06 bits per heavy atom. The maximum Gasteiger partial charge on any atom is 0.161 e. The lowest BCUT2D eigenvalue weighted by atomic mass is 10.1. The highest BCUT2D eigenvalue weighted by molar-refractivity contribution is 9.10. The fourth-order valence-corrected chi connectivity index (χ4v) is 1.97. The van der Waals surface area contributed by atoms with E-state index in [1.807, 2.05) is 37.1 Å². The summed E-state index contributed by atoms with van der Waals surface area (Å²) in [6.45, 7) is 8.19. The third-order valence-electron chi connectivity index (χ3n) is 2.26. The third-order valence-corrected chi connectivity index (χ3v) is 2.75. The van der Waals surface area contributed by atoms with Gasteiger partial charge in [-0.15, -0.1) is 0 Å². The summed E-state index contributed by atoms with van der Waals surface area (Å²) in [5.74, 6) is 0.0739. The number of hydrogen-bond acceptors (Lipinski definition) is 2. The number of benzene rings is 1. The minimum atomic E-state index is 0.0739. The van der Waals surface area contributed by atoms with Crippen molar-refractivity contribution in [2.24, 2.45) is 0 Å². The molecule has 0 aliphatic heterocycles. The zero-order valence-corrected chi connectivity index (χ0v) is 11.5. The van der Waals surface area contributed by atoms with Gasteiger partial charge in [-0.2, -0.15) is 0 Å². The van der Waals surface area contributed by atoms with Crippen molar-refractivity contribution in [2.75, 3.05) is 18.5 Å². The van der Waals surface area contributed by atoms with Gasteiger partial charge in [0.05, 0.1) is 0 Å². The van der Waals surface area contributed by atoms with Gasteiger partial charge in [0.25, 0.3) is 0 Å². The second kappa shape index (κ2) is 5.30. The summed E-state index contributed by atoms with van der Waals surface area (Å²) in [5.41, 5.74) is 2.75. The van der Waals surface area contributed by atoms with Gasteiger partial charge in [0.2, 0.25) is 0 Å². The number of carbonyl (C=O) groups excluding carboxylic acids is 1. The van der Waals surface area contributed by atoms with Crippen molar-refractivity contribution in [2.45, 2.75) is 13.8 Å². The van der Waals surface area contributed by atoms with Crippen LogP contribution in [0.4, 0.5) is 5.69 Å². The molecule has 0 spiro atoms. The van der Waals surface area contributed by atoms with Gasteiger partial charge in [-0.25, -0.2) is 0 Å². The van der Waals surface area contributed by atoms with E-state index in [0.29, 0.717) is 0 Å². The van der Waals surface area contributed by atoms with E-state index in [4.69, 9.17) is 0 Å². The maximum atomic E-state index is 11.5. The molecule has 16 heavy (non-hydrogen) atoms. The first-order valence-electron chi connectivity index (χ1n) is 5.08. The second-order valence-electron chi connectivity index (χ2n) is 4.03. The number of halogens is 1. The van der Waals surface area contributed by atoms with E-state index in [2.05, 4.69) is 22.5 Å². The monoisotopic (exact) mass is 281 g/mol. The van der Waals surface area contributed by atoms with Crippen molar-refractivity contribution in [1.82, 2.24) is 0 Å². The lowest BCUT2D eigenvalue weighted by Gasteiger charge is -2.22. The summed E-state index contributed by atoms with van der Waals surface area (Å²) in [6, 6.07) is 5.74. The Bertz CT molecular complexity index is 426. The zero-order chi connectivity index (χ0) is 12.3. The molecule has 0 aromatic heterocycles. The molecule has 1 aromatic carbocycles. The van der Waals surface area contributed by atoms with Crippen molar-refractivity contribution in [3.8, 4) is 0 Å². The lowest BCUT2D eigenvalue weighted by molar-refractivity contribution is 0.101. The Balaban J connectivity index is 3.12. The summed E-state index contributed by atoms with van der Waals surface area (Å²) >= 11 is 3.38. The van der Waals surface area contributed by atoms with E-state index in [-0.39, 0.29) is 5.78 Å². The quantitative estimate of drug-likeness (QED) is 0.620. The normalized spacial score (nSPS) is 10.0. The van der Waals surface area contributed by atoms with Crippen LogP contribution in [0.2, 0.25) is 0 Å². The standard InChI is InChI=1S/C13H16BrNO/c1-9(2)8-15(4)13-6-5-11(14)7-12(13)10(3)16/h5-7H,1,8H2,2-4H3. The number of carbonyl (C=O) groups is 1. The van der Waals surface area contributed by atoms with Gasteiger partial charge in [0, 0.05) is 29.3 Å². The summed E-state index contributed by atoms with van der Waals surface area (Å²) in [4.78, 5) is 13.6. The van der Waals surface area contributed by atoms with Crippen LogP contribution < -0.4 is 4.90 Å². The van der Waals surface area contributed by atoms with E-state index in [1.165, 1.54) is 0 Å². The molecule has 0 saturated carbocycles. The van der Waals surface area contributed by atoms with Crippen molar-refractivity contribution in [3.05, 3.63) is 40.4 Å². The largest absolute Gasteiger partial charge is 0.370 e. The highest BCUT2D eigenvalue weighted by Gasteiger charge is 2.11. The van der Waals surface area contributed by atoms with Crippen molar-refractivity contribution < 1.29 is 4.79 Å². The van der Waals surface area contributed by atoms with Gasteiger partial charge in [-0.3, -0.25) is 4.79 Å². The molecule has 0 N–H and O–H groups in total. The number of likely N-dealkylation sites (N-methyl/N-ethyl adjacent to an activating group) is 1. The van der Waals surface area contributed by atoms with Gasteiger partial charge >= 0.3 is 0 Å². The average molecular weight is 282 g/mol. The van der Waals surface area contributed by atoms with Crippen LogP contribution in [0.3, 0.4) is 0 Å². The molecule has 1 aromatic rings. The third kappa shape index (κ3) is 3.20. The molecule has 86 valence electrons. The van der Waals surface area contributed by atoms with E-state index in [1.54, 1.807) is 6.92 Å². The van der Waals surface area contributed by atoms with Gasteiger partial charge in [-0.05, 0) is 32.0 Å². The minimum Gasteiger partial charge on any atom is -0.370 e. The van der Waals surface area contributed by atoms with E-state index >= 15 is 0 Å². The molecule has 0 saturated heterocycles. The Hall–Kier alpha value is -1.09. The molecule has 0 fully saturated rings. The molecular weight excluding hydrogens is 266 g/mol. The number of ketones is 1. The number of Topliss-reactive ketones (excluding diaryl/α,β-unsaturated/α-hetero) is 1. The highest BCUT2D eigenvalue weighted by atomic mass is 79.9. The van der Waals surface area contributed by atoms with Crippen LogP contribution in [0, 0.1) is 0 Å². The molecule has 2 nitrogen and oxygen atoms in total. The summed E-state index contributed by atoms with van der Waals surface area (Å²) in [6.07, 6.45) is 0. The van der Waals surface area contributed by atoms with Crippen LogP contribution in [-0.4, -0.2) is 19.4 Å². The number of nitrogens with zero attached hydrogens (tertiary/aromatic N) is 1. The predicted molar refractivity (Wildman–Crippen MR) is 72.2 cm³/mol. The van der Waals surface area contributed by atoms with Crippen LogP contribution in [0.15, 0.2) is 34.8 Å². The smallest absolute Gasteiger partial charge is 0.161 e. The predicted octanol–water partition coefficient (Wildman–Crippen LogP) is 3.66. The first-order valence-corrected chi connectivity index (χ1v) is 5.87. The van der Waals surface area contributed by atoms with E-state index in [9.17, 15) is 4.79 Å². The zero-order valence-electron chi connectivity index (χ0n) is 9.88. The Kier molecular flexibility index (Phi) is 4.30. The van der Waals surface area contributed by atoms with E-state index < -0.39 is 0 Å². The average Bonchev–Trinajstić information content (AvgIpc) is 2.16. The van der Waals surface area contributed by atoms with Crippen LogP contribution in [0.25, 0.3) is 0 Å². The van der Waals surface area contributed by atoms with Crippen molar-refractivity contribution in [3.63, 3.8) is 0 Å². The summed E-state index contributed by atoms with van der Waals surface area (Å²) in [5, 5.41) is 0. The molecular formula is C13H16BrNO. The molecule has 0 aliphatic carbocycles. The fourth-order valence-electron chi connectivity index (χ4n) is 1.61. The molecule has 0 atom stereocenters. The molecule has 1 rings (SSSR count). The van der Waals surface area contributed by atoms with Crippen LogP contribution in [0.1, 0.15) is 24.2 Å². The first kappa shape index (κ1) is 13.0. The van der Waals surface area contributed by atoms with Gasteiger partial charge < -0.3 is 4.90 Å². The number of rotatable bonds is 4. The van der Waals surface area contributed by atoms with Crippen LogP contribution >= 0.6 is 15.9 Å². The Morgan fingerprint density at radius 3 is 2.56 bits per heavy atom. The topological polar surface area (TPSA) is 20.3 Å². The summed E-state index contributed by atoms with van der Waals surface area (Å²) < 4.78 is 0.921.